The van der Waals surface area contributed by atoms with Crippen LogP contribution in [0.5, 0.6) is 0 Å². The third-order valence-corrected chi connectivity index (χ3v) is 7.30. The van der Waals surface area contributed by atoms with Crippen molar-refractivity contribution in [3.05, 3.63) is 94.0 Å². The van der Waals surface area contributed by atoms with E-state index in [1.54, 1.807) is 38.1 Å². The van der Waals surface area contributed by atoms with Crippen LogP contribution in [0.15, 0.2) is 59.5 Å². The van der Waals surface area contributed by atoms with Crippen molar-refractivity contribution in [3.63, 3.8) is 0 Å². The molecule has 0 radical (unpaired) electrons. The van der Waals surface area contributed by atoms with Gasteiger partial charge in [0.1, 0.15) is 0 Å². The summed E-state index contributed by atoms with van der Waals surface area (Å²) in [7, 11) is -4.05. The van der Waals surface area contributed by atoms with E-state index in [1.165, 1.54) is 6.07 Å². The summed E-state index contributed by atoms with van der Waals surface area (Å²) in [4.78, 5) is 12.9. The number of nitrogens with one attached hydrogen (secondary N) is 1. The highest BCUT2D eigenvalue weighted by atomic mass is 32.2. The highest BCUT2D eigenvalue weighted by molar-refractivity contribution is 7.89. The van der Waals surface area contributed by atoms with Gasteiger partial charge in [0.25, 0.3) is 0 Å². The molecular formula is C25H26F2N2O3S. The van der Waals surface area contributed by atoms with Crippen molar-refractivity contribution >= 4 is 21.6 Å². The molecule has 0 saturated heterocycles. The zero-order valence-corrected chi connectivity index (χ0v) is 19.8. The number of aryl methyl sites for hydroxylation is 4. The lowest BCUT2D eigenvalue weighted by Gasteiger charge is -2.24. The highest BCUT2D eigenvalue weighted by Gasteiger charge is 2.30. The fraction of sp³-hybridized carbons (Fsp3) is 0.240. The molecule has 1 N–H and O–H groups in total. The number of carbonyl (C=O) groups excluding carboxylic acids is 1. The van der Waals surface area contributed by atoms with Crippen LogP contribution in [0.25, 0.3) is 0 Å². The predicted molar refractivity (Wildman–Crippen MR) is 124 cm³/mol. The molecule has 0 aliphatic carbocycles. The van der Waals surface area contributed by atoms with Crippen molar-refractivity contribution in [2.24, 2.45) is 0 Å². The lowest BCUT2D eigenvalue weighted by Crippen LogP contribution is -2.38. The molecule has 3 rings (SSSR count). The first-order chi connectivity index (χ1) is 15.5. The quantitative estimate of drug-likeness (QED) is 0.525. The second-order valence-electron chi connectivity index (χ2n) is 8.16. The highest BCUT2D eigenvalue weighted by Crippen LogP contribution is 2.27. The monoisotopic (exact) mass is 472 g/mol. The summed E-state index contributed by atoms with van der Waals surface area (Å²) < 4.78 is 55.2. The minimum absolute atomic E-state index is 0.0272. The van der Waals surface area contributed by atoms with Gasteiger partial charge in [-0.3, -0.25) is 4.79 Å². The third kappa shape index (κ3) is 5.83. The lowest BCUT2D eigenvalue weighted by molar-refractivity contribution is -0.116. The molecule has 1 amide bonds. The third-order valence-electron chi connectivity index (χ3n) is 5.21. The van der Waals surface area contributed by atoms with Gasteiger partial charge >= 0.3 is 0 Å². The van der Waals surface area contributed by atoms with E-state index in [1.807, 2.05) is 26.0 Å². The maximum atomic E-state index is 13.7. The second-order valence-corrected chi connectivity index (χ2v) is 10.0. The van der Waals surface area contributed by atoms with Gasteiger partial charge in [0.05, 0.1) is 11.4 Å². The second kappa shape index (κ2) is 9.80. The summed E-state index contributed by atoms with van der Waals surface area (Å²) in [5, 5.41) is 2.45. The molecule has 0 aromatic heterocycles. The number of sulfonamides is 1. The number of carbonyl (C=O) groups is 1. The largest absolute Gasteiger partial charge is 0.325 e. The van der Waals surface area contributed by atoms with Crippen molar-refractivity contribution in [3.8, 4) is 0 Å². The Kier molecular flexibility index (Phi) is 7.29. The molecule has 3 aromatic carbocycles. The summed E-state index contributed by atoms with van der Waals surface area (Å²) in [5.41, 5.74) is 3.88. The Morgan fingerprint density at radius 1 is 0.848 bits per heavy atom. The van der Waals surface area contributed by atoms with Gasteiger partial charge in [-0.15, -0.1) is 0 Å². The number of rotatable bonds is 7. The number of hydrogen-bond acceptors (Lipinski definition) is 3. The molecule has 5 nitrogen and oxygen atoms in total. The number of hydrogen-bond donors (Lipinski definition) is 1. The van der Waals surface area contributed by atoms with Gasteiger partial charge < -0.3 is 5.32 Å². The van der Waals surface area contributed by atoms with Gasteiger partial charge in [-0.05, 0) is 56.5 Å². The van der Waals surface area contributed by atoms with E-state index < -0.39 is 34.1 Å². The van der Waals surface area contributed by atoms with Crippen molar-refractivity contribution in [2.45, 2.75) is 39.1 Å². The number of anilines is 1. The van der Waals surface area contributed by atoms with E-state index in [0.29, 0.717) is 16.7 Å². The molecule has 0 heterocycles. The van der Waals surface area contributed by atoms with Crippen LogP contribution in [-0.2, 0) is 21.4 Å². The molecule has 174 valence electrons. The van der Waals surface area contributed by atoms with Crippen LogP contribution in [0.2, 0.25) is 0 Å². The molecule has 33 heavy (non-hydrogen) atoms. The molecule has 0 aliphatic rings. The number of halogens is 2. The van der Waals surface area contributed by atoms with Gasteiger partial charge in [0.2, 0.25) is 15.9 Å². The van der Waals surface area contributed by atoms with Crippen molar-refractivity contribution in [2.75, 3.05) is 11.9 Å². The summed E-state index contributed by atoms with van der Waals surface area (Å²) in [6.45, 7) is 6.72. The molecule has 0 spiro atoms. The average Bonchev–Trinajstić information content (AvgIpc) is 2.71. The Labute approximate surface area is 193 Å². The van der Waals surface area contributed by atoms with E-state index in [2.05, 4.69) is 5.32 Å². The smallest absolute Gasteiger partial charge is 0.244 e. The Bertz CT molecular complexity index is 1270. The van der Waals surface area contributed by atoms with E-state index in [-0.39, 0.29) is 17.1 Å². The maximum absolute atomic E-state index is 13.7. The van der Waals surface area contributed by atoms with Gasteiger partial charge in [-0.1, -0.05) is 47.5 Å². The Morgan fingerprint density at radius 2 is 1.45 bits per heavy atom. The molecular weight excluding hydrogens is 446 g/mol. The standard InChI is InChI=1S/C25H26F2N2O3S/c1-16-5-7-20(8-6-16)14-29(15-24(30)28-21-9-10-22(26)23(27)13-21)33(31,32)25-18(3)11-17(2)12-19(25)4/h5-13H,14-15H2,1-4H3,(H,28,30). The Balaban J connectivity index is 1.95. The number of benzene rings is 3. The topological polar surface area (TPSA) is 66.5 Å². The van der Waals surface area contributed by atoms with Crippen LogP contribution in [0.3, 0.4) is 0 Å². The van der Waals surface area contributed by atoms with Crippen LogP contribution < -0.4 is 5.32 Å². The van der Waals surface area contributed by atoms with E-state index >= 15 is 0 Å². The zero-order chi connectivity index (χ0) is 24.3. The van der Waals surface area contributed by atoms with Gasteiger partial charge in [0.15, 0.2) is 11.6 Å². The SMILES string of the molecule is Cc1ccc(CN(CC(=O)Nc2ccc(F)c(F)c2)S(=O)(=O)c2c(C)cc(C)cc2C)cc1. The van der Waals surface area contributed by atoms with Crippen LogP contribution >= 0.6 is 0 Å². The molecule has 0 saturated carbocycles. The van der Waals surface area contributed by atoms with E-state index in [4.69, 9.17) is 0 Å². The zero-order valence-electron chi connectivity index (χ0n) is 18.9. The van der Waals surface area contributed by atoms with Crippen LogP contribution in [-0.4, -0.2) is 25.2 Å². The fourth-order valence-electron chi connectivity index (χ4n) is 3.76. The molecule has 0 unspecified atom stereocenters. The Morgan fingerprint density at radius 3 is 2.03 bits per heavy atom. The van der Waals surface area contributed by atoms with E-state index in [0.717, 1.165) is 27.6 Å². The minimum atomic E-state index is -4.05. The first kappa shape index (κ1) is 24.5. The molecule has 0 fully saturated rings. The lowest BCUT2D eigenvalue weighted by atomic mass is 10.1. The number of amides is 1. The van der Waals surface area contributed by atoms with Gasteiger partial charge in [0, 0.05) is 18.3 Å². The fourth-order valence-corrected chi connectivity index (χ4v) is 5.56. The average molecular weight is 473 g/mol. The molecule has 0 aliphatic heterocycles. The van der Waals surface area contributed by atoms with Crippen LogP contribution in [0.1, 0.15) is 27.8 Å². The van der Waals surface area contributed by atoms with Gasteiger partial charge in [-0.2, -0.15) is 4.31 Å². The molecule has 3 aromatic rings. The summed E-state index contributed by atoms with van der Waals surface area (Å²) in [6, 6.07) is 13.9. The van der Waals surface area contributed by atoms with Crippen LogP contribution in [0, 0.1) is 39.3 Å². The van der Waals surface area contributed by atoms with Crippen molar-refractivity contribution in [1.82, 2.24) is 4.31 Å². The number of nitrogens with zero attached hydrogens (tertiary/aromatic N) is 1. The van der Waals surface area contributed by atoms with Crippen LogP contribution in [0.4, 0.5) is 14.5 Å². The summed E-state index contributed by atoms with van der Waals surface area (Å²) in [5.74, 6) is -2.82. The predicted octanol–water partition coefficient (Wildman–Crippen LogP) is 5.03. The summed E-state index contributed by atoms with van der Waals surface area (Å²) in [6.07, 6.45) is 0. The van der Waals surface area contributed by atoms with E-state index in [9.17, 15) is 22.0 Å². The molecule has 0 bridgehead atoms. The molecule has 0 atom stereocenters. The van der Waals surface area contributed by atoms with Crippen molar-refractivity contribution < 1.29 is 22.0 Å². The summed E-state index contributed by atoms with van der Waals surface area (Å²) >= 11 is 0. The maximum Gasteiger partial charge on any atom is 0.244 e. The first-order valence-electron chi connectivity index (χ1n) is 10.4. The normalized spacial score (nSPS) is 11.6. The first-order valence-corrected chi connectivity index (χ1v) is 11.8. The Hall–Kier alpha value is -3.10. The van der Waals surface area contributed by atoms with Gasteiger partial charge in [-0.25, -0.2) is 17.2 Å². The van der Waals surface area contributed by atoms with Crippen molar-refractivity contribution in [1.29, 1.82) is 0 Å². The molecule has 8 heteroatoms. The minimum Gasteiger partial charge on any atom is -0.325 e.